The Balaban J connectivity index is 1.43. The van der Waals surface area contributed by atoms with Gasteiger partial charge in [-0.25, -0.2) is 0 Å². The lowest BCUT2D eigenvalue weighted by Crippen LogP contribution is -2.39. The summed E-state index contributed by atoms with van der Waals surface area (Å²) in [6.45, 7) is 1.77. The van der Waals surface area contributed by atoms with Crippen LogP contribution >= 0.6 is 11.8 Å². The maximum Gasteiger partial charge on any atom is 0.232 e. The molecule has 24 heavy (non-hydrogen) atoms. The Hall–Kier alpha value is -1.94. The summed E-state index contributed by atoms with van der Waals surface area (Å²) in [6.07, 6.45) is 3.33. The third kappa shape index (κ3) is 4.78. The molecule has 3 nitrogen and oxygen atoms in total. The minimum atomic E-state index is 0.237. The first-order valence-corrected chi connectivity index (χ1v) is 9.49. The smallest absolute Gasteiger partial charge is 0.232 e. The number of thioether (sulfide) groups is 1. The average Bonchev–Trinajstić information content (AvgIpc) is 2.61. The van der Waals surface area contributed by atoms with Gasteiger partial charge in [0.1, 0.15) is 0 Å². The van der Waals surface area contributed by atoms with Crippen LogP contribution in [-0.2, 0) is 11.2 Å². The molecule has 1 aliphatic heterocycles. The molecule has 2 N–H and O–H groups in total. The van der Waals surface area contributed by atoms with Gasteiger partial charge in [-0.1, -0.05) is 36.4 Å². The Bertz CT molecular complexity index is 666. The molecule has 1 saturated heterocycles. The third-order valence-corrected chi connectivity index (χ3v) is 5.53. The van der Waals surface area contributed by atoms with E-state index >= 15 is 0 Å². The van der Waals surface area contributed by atoms with Gasteiger partial charge in [-0.15, -0.1) is 11.8 Å². The van der Waals surface area contributed by atoms with Crippen molar-refractivity contribution in [2.24, 2.45) is 5.92 Å². The number of nitrogen functional groups attached to an aromatic ring is 1. The molecule has 1 amide bonds. The van der Waals surface area contributed by atoms with Gasteiger partial charge in [0, 0.05) is 23.7 Å². The largest absolute Gasteiger partial charge is 0.399 e. The number of hydrogen-bond acceptors (Lipinski definition) is 3. The predicted molar refractivity (Wildman–Crippen MR) is 101 cm³/mol. The molecular weight excluding hydrogens is 316 g/mol. The standard InChI is InChI=1S/C20H24N2OS/c21-18-7-4-8-19(14-18)24-15-20(23)22-11-9-17(10-12-22)13-16-5-2-1-3-6-16/h1-8,14,17H,9-13,15,21H2. The molecule has 4 heteroatoms. The third-order valence-electron chi connectivity index (χ3n) is 4.55. The van der Waals surface area contributed by atoms with Gasteiger partial charge in [0.25, 0.3) is 0 Å². The first kappa shape index (κ1) is 16.9. The average molecular weight is 340 g/mol. The number of nitrogens with zero attached hydrogens (tertiary/aromatic N) is 1. The predicted octanol–water partition coefficient (Wildman–Crippen LogP) is 3.84. The van der Waals surface area contributed by atoms with Crippen LogP contribution in [0.25, 0.3) is 0 Å². The fraction of sp³-hybridized carbons (Fsp3) is 0.350. The van der Waals surface area contributed by atoms with Gasteiger partial charge < -0.3 is 10.6 Å². The molecule has 3 rings (SSSR count). The zero-order valence-electron chi connectivity index (χ0n) is 13.9. The van der Waals surface area contributed by atoms with Crippen molar-refractivity contribution in [1.82, 2.24) is 4.90 Å². The maximum absolute atomic E-state index is 12.4. The number of likely N-dealkylation sites (tertiary alicyclic amines) is 1. The van der Waals surface area contributed by atoms with E-state index in [9.17, 15) is 4.79 Å². The number of carbonyl (C=O) groups excluding carboxylic acids is 1. The van der Waals surface area contributed by atoms with Crippen LogP contribution < -0.4 is 5.73 Å². The number of nitrogens with two attached hydrogens (primary N) is 1. The first-order valence-electron chi connectivity index (χ1n) is 8.51. The van der Waals surface area contributed by atoms with Crippen molar-refractivity contribution in [2.45, 2.75) is 24.2 Å². The maximum atomic E-state index is 12.4. The lowest BCUT2D eigenvalue weighted by molar-refractivity contribution is -0.129. The molecule has 0 saturated carbocycles. The van der Waals surface area contributed by atoms with Crippen molar-refractivity contribution in [1.29, 1.82) is 0 Å². The number of rotatable bonds is 5. The second-order valence-electron chi connectivity index (χ2n) is 6.38. The molecule has 0 aliphatic carbocycles. The van der Waals surface area contributed by atoms with Crippen LogP contribution in [0.4, 0.5) is 5.69 Å². The number of carbonyl (C=O) groups is 1. The van der Waals surface area contributed by atoms with Crippen LogP contribution in [0.2, 0.25) is 0 Å². The topological polar surface area (TPSA) is 46.3 Å². The summed E-state index contributed by atoms with van der Waals surface area (Å²) in [5.41, 5.74) is 7.92. The fourth-order valence-corrected chi connectivity index (χ4v) is 4.04. The molecule has 0 radical (unpaired) electrons. The van der Waals surface area contributed by atoms with E-state index in [0.29, 0.717) is 11.7 Å². The van der Waals surface area contributed by atoms with Crippen LogP contribution in [0, 0.1) is 5.92 Å². The minimum Gasteiger partial charge on any atom is -0.399 e. The van der Waals surface area contributed by atoms with Crippen LogP contribution in [0.1, 0.15) is 18.4 Å². The van der Waals surface area contributed by atoms with E-state index in [1.54, 1.807) is 11.8 Å². The van der Waals surface area contributed by atoms with Gasteiger partial charge in [0.2, 0.25) is 5.91 Å². The molecule has 126 valence electrons. The highest BCUT2D eigenvalue weighted by atomic mass is 32.2. The summed E-state index contributed by atoms with van der Waals surface area (Å²) >= 11 is 1.57. The molecule has 1 aliphatic rings. The molecule has 2 aromatic carbocycles. The minimum absolute atomic E-state index is 0.237. The molecule has 1 fully saturated rings. The number of anilines is 1. The Morgan fingerprint density at radius 3 is 2.54 bits per heavy atom. The molecule has 0 aromatic heterocycles. The van der Waals surface area contributed by atoms with Gasteiger partial charge in [-0.2, -0.15) is 0 Å². The Kier molecular flexibility index (Phi) is 5.81. The second kappa shape index (κ2) is 8.25. The van der Waals surface area contributed by atoms with Gasteiger partial charge in [-0.05, 0) is 48.9 Å². The van der Waals surface area contributed by atoms with E-state index in [2.05, 4.69) is 30.3 Å². The van der Waals surface area contributed by atoms with Gasteiger partial charge in [0.05, 0.1) is 5.75 Å². The zero-order valence-corrected chi connectivity index (χ0v) is 14.7. The number of amides is 1. The normalized spacial score (nSPS) is 15.4. The van der Waals surface area contributed by atoms with Crippen molar-refractivity contribution in [3.8, 4) is 0 Å². The lowest BCUT2D eigenvalue weighted by Gasteiger charge is -2.32. The number of hydrogen-bond donors (Lipinski definition) is 1. The quantitative estimate of drug-likeness (QED) is 0.664. The first-order chi connectivity index (χ1) is 11.7. The Morgan fingerprint density at radius 1 is 1.08 bits per heavy atom. The van der Waals surface area contributed by atoms with Gasteiger partial charge in [0.15, 0.2) is 0 Å². The Morgan fingerprint density at radius 2 is 1.83 bits per heavy atom. The van der Waals surface area contributed by atoms with Crippen molar-refractivity contribution in [2.75, 3.05) is 24.6 Å². The summed E-state index contributed by atoms with van der Waals surface area (Å²) in [4.78, 5) is 15.5. The lowest BCUT2D eigenvalue weighted by atomic mass is 9.90. The van der Waals surface area contributed by atoms with E-state index in [1.807, 2.05) is 29.2 Å². The summed E-state index contributed by atoms with van der Waals surface area (Å²) in [7, 11) is 0. The van der Waals surface area contributed by atoms with Crippen molar-refractivity contribution in [3.63, 3.8) is 0 Å². The second-order valence-corrected chi connectivity index (χ2v) is 7.42. The highest BCUT2D eigenvalue weighted by Gasteiger charge is 2.22. The van der Waals surface area contributed by atoms with Crippen LogP contribution in [0.3, 0.4) is 0 Å². The number of benzene rings is 2. The van der Waals surface area contributed by atoms with E-state index in [4.69, 9.17) is 5.73 Å². The molecule has 0 bridgehead atoms. The SMILES string of the molecule is Nc1cccc(SCC(=O)N2CCC(Cc3ccccc3)CC2)c1. The molecule has 1 heterocycles. The van der Waals surface area contributed by atoms with Crippen LogP contribution in [-0.4, -0.2) is 29.6 Å². The molecule has 2 aromatic rings. The summed E-state index contributed by atoms with van der Waals surface area (Å²) in [5, 5.41) is 0. The summed E-state index contributed by atoms with van der Waals surface area (Å²) in [5.74, 6) is 1.42. The summed E-state index contributed by atoms with van der Waals surface area (Å²) in [6, 6.07) is 18.4. The monoisotopic (exact) mass is 340 g/mol. The van der Waals surface area contributed by atoms with Crippen molar-refractivity contribution < 1.29 is 4.79 Å². The highest BCUT2D eigenvalue weighted by molar-refractivity contribution is 8.00. The molecular formula is C20H24N2OS. The van der Waals surface area contributed by atoms with Crippen molar-refractivity contribution in [3.05, 3.63) is 60.2 Å². The molecule has 0 spiro atoms. The van der Waals surface area contributed by atoms with E-state index < -0.39 is 0 Å². The van der Waals surface area contributed by atoms with Gasteiger partial charge >= 0.3 is 0 Å². The zero-order chi connectivity index (χ0) is 16.8. The van der Waals surface area contributed by atoms with E-state index in [-0.39, 0.29) is 5.91 Å². The molecule has 0 atom stereocenters. The van der Waals surface area contributed by atoms with E-state index in [0.717, 1.165) is 42.9 Å². The highest BCUT2D eigenvalue weighted by Crippen LogP contribution is 2.24. The number of piperidine rings is 1. The van der Waals surface area contributed by atoms with Gasteiger partial charge in [-0.3, -0.25) is 4.79 Å². The Labute approximate surface area is 148 Å². The van der Waals surface area contributed by atoms with E-state index in [1.165, 1.54) is 5.56 Å². The molecule has 0 unspecified atom stereocenters. The van der Waals surface area contributed by atoms with Crippen molar-refractivity contribution >= 4 is 23.4 Å². The summed E-state index contributed by atoms with van der Waals surface area (Å²) < 4.78 is 0. The van der Waals surface area contributed by atoms with Crippen LogP contribution in [0.15, 0.2) is 59.5 Å². The van der Waals surface area contributed by atoms with Crippen LogP contribution in [0.5, 0.6) is 0 Å². The fourth-order valence-electron chi connectivity index (χ4n) is 3.17.